The van der Waals surface area contributed by atoms with Gasteiger partial charge in [-0.1, -0.05) is 107 Å². The van der Waals surface area contributed by atoms with Gasteiger partial charge in [0.25, 0.3) is 0 Å². The number of amides is 1. The van der Waals surface area contributed by atoms with Crippen LogP contribution in [0.3, 0.4) is 0 Å². The van der Waals surface area contributed by atoms with Crippen LogP contribution in [0, 0.1) is 5.92 Å². The fourth-order valence-corrected chi connectivity index (χ4v) is 6.70. The van der Waals surface area contributed by atoms with Crippen molar-refractivity contribution in [1.29, 1.82) is 0 Å². The minimum Gasteiger partial charge on any atom is -0.351 e. The van der Waals surface area contributed by atoms with Crippen LogP contribution in [0.1, 0.15) is 126 Å². The number of aromatic nitrogens is 1. The molecule has 1 aromatic heterocycles. The predicted octanol–water partition coefficient (Wildman–Crippen LogP) is 7.63. The predicted molar refractivity (Wildman–Crippen MR) is 171 cm³/mol. The number of hydrogen-bond acceptors (Lipinski definition) is 4. The number of rotatable bonds is 18. The Labute approximate surface area is 250 Å². The van der Waals surface area contributed by atoms with E-state index in [4.69, 9.17) is 0 Å². The van der Waals surface area contributed by atoms with Crippen molar-refractivity contribution in [2.24, 2.45) is 5.92 Å². The van der Waals surface area contributed by atoms with Gasteiger partial charge < -0.3 is 16.0 Å². The lowest BCUT2D eigenvalue weighted by atomic mass is 9.85. The Morgan fingerprint density at radius 2 is 1.51 bits per heavy atom. The zero-order chi connectivity index (χ0) is 28.4. The highest BCUT2D eigenvalue weighted by Gasteiger charge is 2.19. The summed E-state index contributed by atoms with van der Waals surface area (Å²) >= 11 is 0. The molecule has 1 atom stereocenters. The zero-order valence-corrected chi connectivity index (χ0v) is 25.6. The van der Waals surface area contributed by atoms with Gasteiger partial charge in [0.2, 0.25) is 5.91 Å². The monoisotopic (exact) mass is 560 g/mol. The molecule has 1 aromatic carbocycles. The van der Waals surface area contributed by atoms with Crippen molar-refractivity contribution in [2.75, 3.05) is 6.54 Å². The molecular weight excluding hydrogens is 504 g/mol. The summed E-state index contributed by atoms with van der Waals surface area (Å²) in [7, 11) is 0. The van der Waals surface area contributed by atoms with E-state index in [1.807, 2.05) is 24.4 Å². The van der Waals surface area contributed by atoms with Crippen LogP contribution < -0.4 is 16.0 Å². The van der Waals surface area contributed by atoms with E-state index in [1.165, 1.54) is 102 Å². The van der Waals surface area contributed by atoms with Crippen LogP contribution in [-0.2, 0) is 24.3 Å². The van der Waals surface area contributed by atoms with Crippen LogP contribution in [-0.4, -0.2) is 29.5 Å². The number of carbonyl (C=O) groups is 1. The molecule has 0 unspecified atom stereocenters. The quantitative estimate of drug-likeness (QED) is 0.164. The largest absolute Gasteiger partial charge is 0.351 e. The van der Waals surface area contributed by atoms with Crippen LogP contribution in [0.4, 0.5) is 0 Å². The first kappa shape index (κ1) is 31.7. The number of pyridine rings is 1. The van der Waals surface area contributed by atoms with Crippen molar-refractivity contribution in [3.05, 3.63) is 65.5 Å². The molecule has 1 heterocycles. The normalized spacial score (nSPS) is 17.4. The summed E-state index contributed by atoms with van der Waals surface area (Å²) in [4.78, 5) is 17.6. The van der Waals surface area contributed by atoms with Gasteiger partial charge in [0, 0.05) is 25.3 Å². The second-order valence-corrected chi connectivity index (χ2v) is 12.7. The SMILES string of the molecule is O=C(NCc1ccc(CCCCCCC2CCCCC2)cc1)[C@H](CCCNC1CCCCC1)NCc1ccccn1. The maximum absolute atomic E-state index is 13.2. The van der Waals surface area contributed by atoms with Gasteiger partial charge in [-0.2, -0.15) is 0 Å². The van der Waals surface area contributed by atoms with Crippen LogP contribution in [0.25, 0.3) is 0 Å². The second kappa shape index (κ2) is 19.0. The highest BCUT2D eigenvalue weighted by atomic mass is 16.2. The third-order valence-corrected chi connectivity index (χ3v) is 9.32. The summed E-state index contributed by atoms with van der Waals surface area (Å²) < 4.78 is 0. The molecule has 1 amide bonds. The standard InChI is InChI=1S/C36H56N4O/c41-36(35(39-29-34-20-11-12-26-38-34)21-13-27-37-33-18-9-4-10-19-33)40-28-32-24-22-31(23-25-32)17-6-2-1-5-14-30-15-7-3-8-16-30/h11-12,20,22-26,30,33,35,37,39H,1-10,13-19,21,27-29H2,(H,40,41)/t35-/m0/s1. The van der Waals surface area contributed by atoms with Crippen LogP contribution in [0.5, 0.6) is 0 Å². The van der Waals surface area contributed by atoms with Gasteiger partial charge in [-0.25, -0.2) is 0 Å². The summed E-state index contributed by atoms with van der Waals surface area (Å²) in [5.41, 5.74) is 3.54. The molecule has 41 heavy (non-hydrogen) atoms. The first-order valence-corrected chi connectivity index (χ1v) is 17.0. The minimum absolute atomic E-state index is 0.0795. The van der Waals surface area contributed by atoms with Crippen LogP contribution in [0.2, 0.25) is 0 Å². The summed E-state index contributed by atoms with van der Waals surface area (Å²) in [5, 5.41) is 10.4. The molecule has 0 bridgehead atoms. The number of unbranched alkanes of at least 4 members (excludes halogenated alkanes) is 3. The van der Waals surface area contributed by atoms with Crippen molar-refractivity contribution in [1.82, 2.24) is 20.9 Å². The van der Waals surface area contributed by atoms with E-state index in [9.17, 15) is 4.79 Å². The Balaban J connectivity index is 1.14. The van der Waals surface area contributed by atoms with Gasteiger partial charge in [0.15, 0.2) is 0 Å². The lowest BCUT2D eigenvalue weighted by Crippen LogP contribution is -2.44. The van der Waals surface area contributed by atoms with Crippen molar-refractivity contribution in [3.63, 3.8) is 0 Å². The van der Waals surface area contributed by atoms with E-state index in [2.05, 4.69) is 45.2 Å². The van der Waals surface area contributed by atoms with E-state index < -0.39 is 0 Å². The number of hydrogen-bond donors (Lipinski definition) is 3. The molecule has 226 valence electrons. The van der Waals surface area contributed by atoms with E-state index >= 15 is 0 Å². The molecule has 0 spiro atoms. The molecule has 5 heteroatoms. The number of benzene rings is 1. The molecule has 0 aliphatic heterocycles. The second-order valence-electron chi connectivity index (χ2n) is 12.7. The van der Waals surface area contributed by atoms with E-state index in [0.29, 0.717) is 19.1 Å². The Morgan fingerprint density at radius 3 is 2.27 bits per heavy atom. The zero-order valence-electron chi connectivity index (χ0n) is 25.6. The lowest BCUT2D eigenvalue weighted by Gasteiger charge is -2.23. The molecule has 2 aromatic rings. The number of nitrogens with one attached hydrogen (secondary N) is 3. The maximum Gasteiger partial charge on any atom is 0.237 e. The molecule has 0 radical (unpaired) electrons. The van der Waals surface area contributed by atoms with Gasteiger partial charge in [-0.05, 0) is 74.2 Å². The molecule has 2 aliphatic rings. The summed E-state index contributed by atoms with van der Waals surface area (Å²) in [6, 6.07) is 15.2. The van der Waals surface area contributed by atoms with Crippen LogP contribution in [0.15, 0.2) is 48.7 Å². The fourth-order valence-electron chi connectivity index (χ4n) is 6.70. The molecule has 0 saturated heterocycles. The molecule has 4 rings (SSSR count). The Hall–Kier alpha value is -2.24. The van der Waals surface area contributed by atoms with Crippen molar-refractivity contribution < 1.29 is 4.79 Å². The van der Waals surface area contributed by atoms with Gasteiger partial charge in [-0.15, -0.1) is 0 Å². The van der Waals surface area contributed by atoms with Gasteiger partial charge in [-0.3, -0.25) is 9.78 Å². The smallest absolute Gasteiger partial charge is 0.237 e. The van der Waals surface area contributed by atoms with E-state index in [-0.39, 0.29) is 11.9 Å². The molecule has 2 saturated carbocycles. The fraction of sp³-hybridized carbons (Fsp3) is 0.667. The molecule has 2 fully saturated rings. The third-order valence-electron chi connectivity index (χ3n) is 9.32. The average Bonchev–Trinajstić information content (AvgIpc) is 3.03. The topological polar surface area (TPSA) is 66.1 Å². The summed E-state index contributed by atoms with van der Waals surface area (Å²) in [5.74, 6) is 1.10. The number of carbonyl (C=O) groups excluding carboxylic acids is 1. The first-order chi connectivity index (χ1) is 20.3. The van der Waals surface area contributed by atoms with Gasteiger partial charge in [0.05, 0.1) is 11.7 Å². The first-order valence-electron chi connectivity index (χ1n) is 17.0. The number of nitrogens with zero attached hydrogens (tertiary/aromatic N) is 1. The van der Waals surface area contributed by atoms with E-state index in [0.717, 1.165) is 43.0 Å². The summed E-state index contributed by atoms with van der Waals surface area (Å²) in [6.45, 7) is 2.15. The summed E-state index contributed by atoms with van der Waals surface area (Å²) in [6.07, 6.45) is 25.6. The third kappa shape index (κ3) is 12.7. The van der Waals surface area contributed by atoms with Crippen LogP contribution >= 0.6 is 0 Å². The molecule has 2 aliphatic carbocycles. The van der Waals surface area contributed by atoms with Crippen molar-refractivity contribution in [3.8, 4) is 0 Å². The maximum atomic E-state index is 13.2. The van der Waals surface area contributed by atoms with E-state index in [1.54, 1.807) is 0 Å². The molecule has 3 N–H and O–H groups in total. The van der Waals surface area contributed by atoms with Crippen molar-refractivity contribution in [2.45, 2.75) is 141 Å². The van der Waals surface area contributed by atoms with Gasteiger partial charge in [0.1, 0.15) is 0 Å². The highest BCUT2D eigenvalue weighted by molar-refractivity contribution is 5.81. The minimum atomic E-state index is -0.220. The Kier molecular flexibility index (Phi) is 14.7. The van der Waals surface area contributed by atoms with Crippen molar-refractivity contribution >= 4 is 5.91 Å². The lowest BCUT2D eigenvalue weighted by molar-refractivity contribution is -0.123. The Bertz CT molecular complexity index is 951. The average molecular weight is 561 g/mol. The molecule has 5 nitrogen and oxygen atoms in total. The van der Waals surface area contributed by atoms with Gasteiger partial charge >= 0.3 is 0 Å². The Morgan fingerprint density at radius 1 is 0.780 bits per heavy atom. The number of aryl methyl sites for hydroxylation is 1. The molecular formula is C36H56N4O. The highest BCUT2D eigenvalue weighted by Crippen LogP contribution is 2.28.